The van der Waals surface area contributed by atoms with Gasteiger partial charge in [-0.25, -0.2) is 18.1 Å². The minimum absolute atomic E-state index is 0.0532. The van der Waals surface area contributed by atoms with E-state index in [0.29, 0.717) is 4.47 Å². The van der Waals surface area contributed by atoms with Gasteiger partial charge in [-0.05, 0) is 46.6 Å². The smallest absolute Gasteiger partial charge is 0.242 e. The highest BCUT2D eigenvalue weighted by Crippen LogP contribution is 2.25. The molecule has 1 N–H and O–H groups in total. The van der Waals surface area contributed by atoms with Crippen molar-refractivity contribution in [1.82, 2.24) is 9.71 Å². The SMILES string of the molecule is C[C@H](NS(=O)(=O)c1cc(Br)cnc1Cl)c1ccc(Br)cc1. The third-order valence-electron chi connectivity index (χ3n) is 2.76. The molecule has 21 heavy (non-hydrogen) atoms. The summed E-state index contributed by atoms with van der Waals surface area (Å²) in [5, 5.41) is -0.0614. The van der Waals surface area contributed by atoms with Crippen molar-refractivity contribution in [2.75, 3.05) is 0 Å². The molecule has 8 heteroatoms. The van der Waals surface area contributed by atoms with Crippen molar-refractivity contribution < 1.29 is 8.42 Å². The van der Waals surface area contributed by atoms with E-state index >= 15 is 0 Å². The Hall–Kier alpha value is -0.470. The number of aromatic nitrogens is 1. The summed E-state index contributed by atoms with van der Waals surface area (Å²) >= 11 is 12.4. The normalized spacial score (nSPS) is 13.1. The highest BCUT2D eigenvalue weighted by molar-refractivity contribution is 9.10. The summed E-state index contributed by atoms with van der Waals surface area (Å²) in [4.78, 5) is 3.78. The average molecular weight is 455 g/mol. The molecular formula is C13H11Br2ClN2O2S. The molecule has 2 rings (SSSR count). The van der Waals surface area contributed by atoms with Gasteiger partial charge in [-0.3, -0.25) is 0 Å². The van der Waals surface area contributed by atoms with E-state index in [0.717, 1.165) is 10.0 Å². The van der Waals surface area contributed by atoms with Crippen LogP contribution in [-0.4, -0.2) is 13.4 Å². The Kier molecular flexibility index (Phi) is 5.43. The van der Waals surface area contributed by atoms with Crippen LogP contribution in [0.15, 0.2) is 50.4 Å². The van der Waals surface area contributed by atoms with Crippen LogP contribution in [0.4, 0.5) is 0 Å². The molecule has 0 radical (unpaired) electrons. The first kappa shape index (κ1) is 16.9. The van der Waals surface area contributed by atoms with Gasteiger partial charge in [-0.15, -0.1) is 0 Å². The number of hydrogen-bond acceptors (Lipinski definition) is 3. The van der Waals surface area contributed by atoms with Gasteiger partial charge in [0.05, 0.1) is 0 Å². The number of nitrogens with zero attached hydrogens (tertiary/aromatic N) is 1. The van der Waals surface area contributed by atoms with Gasteiger partial charge in [-0.1, -0.05) is 39.7 Å². The Morgan fingerprint density at radius 2 is 1.81 bits per heavy atom. The van der Waals surface area contributed by atoms with Crippen molar-refractivity contribution in [3.63, 3.8) is 0 Å². The molecule has 1 atom stereocenters. The van der Waals surface area contributed by atoms with Crippen molar-refractivity contribution in [2.45, 2.75) is 17.9 Å². The number of sulfonamides is 1. The molecule has 1 aromatic heterocycles. The Labute approximate surface area is 145 Å². The Balaban J connectivity index is 2.28. The fourth-order valence-corrected chi connectivity index (χ4v) is 4.15. The molecule has 0 aliphatic heterocycles. The van der Waals surface area contributed by atoms with E-state index < -0.39 is 16.1 Å². The van der Waals surface area contributed by atoms with Crippen LogP contribution in [0.25, 0.3) is 0 Å². The van der Waals surface area contributed by atoms with Crippen molar-refractivity contribution >= 4 is 53.5 Å². The minimum Gasteiger partial charge on any atom is -0.242 e. The fraction of sp³-hybridized carbons (Fsp3) is 0.154. The third-order valence-corrected chi connectivity index (χ3v) is 5.69. The summed E-state index contributed by atoms with van der Waals surface area (Å²) in [6.45, 7) is 1.76. The monoisotopic (exact) mass is 452 g/mol. The number of halogens is 3. The van der Waals surface area contributed by atoms with E-state index in [1.54, 1.807) is 6.92 Å². The van der Waals surface area contributed by atoms with Crippen LogP contribution in [0.5, 0.6) is 0 Å². The summed E-state index contributed by atoms with van der Waals surface area (Å²) in [6, 6.07) is 8.43. The molecule has 0 aliphatic carbocycles. The van der Waals surface area contributed by atoms with Crippen molar-refractivity contribution in [3.8, 4) is 0 Å². The predicted molar refractivity (Wildman–Crippen MR) is 89.8 cm³/mol. The fourth-order valence-electron chi connectivity index (χ4n) is 1.71. The number of nitrogens with one attached hydrogen (secondary N) is 1. The number of rotatable bonds is 4. The molecule has 4 nitrogen and oxygen atoms in total. The lowest BCUT2D eigenvalue weighted by Crippen LogP contribution is -2.27. The first-order valence-electron chi connectivity index (χ1n) is 5.88. The molecule has 2 aromatic rings. The van der Waals surface area contributed by atoms with E-state index in [-0.39, 0.29) is 10.0 Å². The summed E-state index contributed by atoms with van der Waals surface area (Å²) in [5.74, 6) is 0. The van der Waals surface area contributed by atoms with Crippen LogP contribution in [0.1, 0.15) is 18.5 Å². The molecule has 0 unspecified atom stereocenters. The maximum absolute atomic E-state index is 12.4. The van der Waals surface area contributed by atoms with Gasteiger partial charge >= 0.3 is 0 Å². The molecule has 0 amide bonds. The van der Waals surface area contributed by atoms with Crippen LogP contribution >= 0.6 is 43.5 Å². The van der Waals surface area contributed by atoms with Crippen LogP contribution in [-0.2, 0) is 10.0 Å². The van der Waals surface area contributed by atoms with Gasteiger partial charge in [-0.2, -0.15) is 0 Å². The minimum atomic E-state index is -3.76. The van der Waals surface area contributed by atoms with Gasteiger partial charge in [0.2, 0.25) is 10.0 Å². The van der Waals surface area contributed by atoms with Crippen molar-refractivity contribution in [3.05, 3.63) is 56.2 Å². The lowest BCUT2D eigenvalue weighted by Gasteiger charge is -2.15. The van der Waals surface area contributed by atoms with Crippen molar-refractivity contribution in [1.29, 1.82) is 0 Å². The summed E-state index contributed by atoms with van der Waals surface area (Å²) in [6.07, 6.45) is 1.44. The molecule has 1 heterocycles. The second-order valence-corrected chi connectivity index (χ2v) is 8.21. The second kappa shape index (κ2) is 6.75. The van der Waals surface area contributed by atoms with Gasteiger partial charge in [0, 0.05) is 21.2 Å². The quantitative estimate of drug-likeness (QED) is 0.701. The first-order chi connectivity index (χ1) is 9.79. The maximum Gasteiger partial charge on any atom is 0.244 e. The average Bonchev–Trinajstić information content (AvgIpc) is 2.41. The molecule has 0 spiro atoms. The van der Waals surface area contributed by atoms with E-state index in [2.05, 4.69) is 41.6 Å². The Morgan fingerprint density at radius 3 is 2.43 bits per heavy atom. The molecule has 1 aromatic carbocycles. The Morgan fingerprint density at radius 1 is 1.19 bits per heavy atom. The second-order valence-electron chi connectivity index (χ2n) is 4.34. The molecular weight excluding hydrogens is 443 g/mol. The van der Waals surface area contributed by atoms with E-state index in [9.17, 15) is 8.42 Å². The molecule has 0 saturated carbocycles. The Bertz CT molecular complexity index is 751. The molecule has 0 saturated heterocycles. The molecule has 112 valence electrons. The van der Waals surface area contributed by atoms with Crippen LogP contribution in [0.3, 0.4) is 0 Å². The number of hydrogen-bond donors (Lipinski definition) is 1. The zero-order valence-electron chi connectivity index (χ0n) is 10.8. The zero-order valence-corrected chi connectivity index (χ0v) is 15.6. The van der Waals surface area contributed by atoms with E-state index in [1.165, 1.54) is 12.3 Å². The number of pyridine rings is 1. The summed E-state index contributed by atoms with van der Waals surface area (Å²) < 4.78 is 28.8. The lowest BCUT2D eigenvalue weighted by atomic mass is 10.1. The first-order valence-corrected chi connectivity index (χ1v) is 9.33. The van der Waals surface area contributed by atoms with E-state index in [1.807, 2.05) is 24.3 Å². The third kappa shape index (κ3) is 4.26. The van der Waals surface area contributed by atoms with Crippen LogP contribution < -0.4 is 4.72 Å². The largest absolute Gasteiger partial charge is 0.244 e. The standard InChI is InChI=1S/C13H11Br2ClN2O2S/c1-8(9-2-4-10(14)5-3-9)18-21(19,20)12-6-11(15)7-17-13(12)16/h2-8,18H,1H3/t8-/m0/s1. The van der Waals surface area contributed by atoms with E-state index in [4.69, 9.17) is 11.6 Å². The van der Waals surface area contributed by atoms with Gasteiger partial charge in [0.25, 0.3) is 0 Å². The lowest BCUT2D eigenvalue weighted by molar-refractivity contribution is 0.566. The molecule has 0 fully saturated rings. The molecule has 0 bridgehead atoms. The van der Waals surface area contributed by atoms with Gasteiger partial charge in [0.1, 0.15) is 10.0 Å². The van der Waals surface area contributed by atoms with Crippen molar-refractivity contribution in [2.24, 2.45) is 0 Å². The number of benzene rings is 1. The summed E-state index contributed by atoms with van der Waals surface area (Å²) in [7, 11) is -3.76. The molecule has 0 aliphatic rings. The summed E-state index contributed by atoms with van der Waals surface area (Å²) in [5.41, 5.74) is 0.848. The highest BCUT2D eigenvalue weighted by atomic mass is 79.9. The maximum atomic E-state index is 12.4. The van der Waals surface area contributed by atoms with Crippen LogP contribution in [0, 0.1) is 0 Å². The highest BCUT2D eigenvalue weighted by Gasteiger charge is 2.22. The zero-order chi connectivity index (χ0) is 15.6. The predicted octanol–water partition coefficient (Wildman–Crippen LogP) is 4.30. The topological polar surface area (TPSA) is 59.1 Å². The van der Waals surface area contributed by atoms with Gasteiger partial charge in [0.15, 0.2) is 0 Å². The van der Waals surface area contributed by atoms with Gasteiger partial charge < -0.3 is 0 Å². The van der Waals surface area contributed by atoms with Crippen LogP contribution in [0.2, 0.25) is 5.15 Å².